The highest BCUT2D eigenvalue weighted by Gasteiger charge is 2.37. The number of methoxy groups -OCH3 is 2. The van der Waals surface area contributed by atoms with Crippen LogP contribution in [0.2, 0.25) is 18.1 Å². The van der Waals surface area contributed by atoms with Crippen molar-refractivity contribution in [2.45, 2.75) is 57.8 Å². The van der Waals surface area contributed by atoms with Crippen LogP contribution in [0.15, 0.2) is 29.8 Å². The molecule has 7 nitrogen and oxygen atoms in total. The molecular weight excluding hydrogens is 428 g/mol. The van der Waals surface area contributed by atoms with E-state index in [9.17, 15) is 9.59 Å². The summed E-state index contributed by atoms with van der Waals surface area (Å²) in [6.07, 6.45) is 1.98. The number of allylic oxidation sites excluding steroid dienone is 1. The van der Waals surface area contributed by atoms with Gasteiger partial charge in [-0.1, -0.05) is 32.9 Å². The van der Waals surface area contributed by atoms with Crippen LogP contribution in [0, 0.1) is 0 Å². The van der Waals surface area contributed by atoms with Crippen LogP contribution in [0.5, 0.6) is 5.75 Å². The third-order valence-electron chi connectivity index (χ3n) is 6.02. The molecule has 1 aromatic rings. The van der Waals surface area contributed by atoms with Gasteiger partial charge in [-0.2, -0.15) is 0 Å². The second kappa shape index (κ2) is 11.3. The highest BCUT2D eigenvalue weighted by molar-refractivity contribution is 6.74. The molecule has 0 fully saturated rings. The normalized spacial score (nSPS) is 15.4. The molecule has 1 aliphatic carbocycles. The molecule has 0 spiro atoms. The highest BCUT2D eigenvalue weighted by atomic mass is 28.4. The number of benzene rings is 1. The van der Waals surface area contributed by atoms with E-state index in [4.69, 9.17) is 23.4 Å². The third-order valence-corrected chi connectivity index (χ3v) is 10.6. The lowest BCUT2D eigenvalue weighted by molar-refractivity contribution is -0.0763. The van der Waals surface area contributed by atoms with Gasteiger partial charge in [0.1, 0.15) is 12.5 Å². The van der Waals surface area contributed by atoms with Crippen molar-refractivity contribution in [3.63, 3.8) is 0 Å². The van der Waals surface area contributed by atoms with Crippen LogP contribution in [0.3, 0.4) is 0 Å². The molecule has 0 saturated heterocycles. The molecule has 0 amide bonds. The van der Waals surface area contributed by atoms with Crippen molar-refractivity contribution >= 4 is 19.9 Å². The number of ether oxygens (including phenoxy) is 4. The monoisotopic (exact) mass is 464 g/mol. The zero-order chi connectivity index (χ0) is 23.9. The van der Waals surface area contributed by atoms with E-state index in [2.05, 4.69) is 33.9 Å². The molecule has 8 heteroatoms. The van der Waals surface area contributed by atoms with E-state index in [1.807, 2.05) is 0 Å². The SMILES string of the molecule is COCOc1cccc2c1C(=O)C=C(C[C@@H](CCO[Si](C)(C)C(C)(C)C)OCOC)C2=O. The van der Waals surface area contributed by atoms with E-state index in [0.717, 1.165) is 0 Å². The Morgan fingerprint density at radius 3 is 2.34 bits per heavy atom. The molecule has 1 aliphatic rings. The second-order valence-corrected chi connectivity index (χ2v) is 14.2. The number of hydrogen-bond donors (Lipinski definition) is 0. The Labute approximate surface area is 192 Å². The summed E-state index contributed by atoms with van der Waals surface area (Å²) >= 11 is 0. The molecule has 0 bridgehead atoms. The minimum Gasteiger partial charge on any atom is -0.467 e. The molecule has 2 rings (SSSR count). The van der Waals surface area contributed by atoms with Gasteiger partial charge in [0.05, 0.1) is 11.7 Å². The summed E-state index contributed by atoms with van der Waals surface area (Å²) in [4.78, 5) is 26.0. The van der Waals surface area contributed by atoms with Crippen molar-refractivity contribution < 1.29 is 33.0 Å². The van der Waals surface area contributed by atoms with E-state index in [0.29, 0.717) is 36.3 Å². The van der Waals surface area contributed by atoms with Crippen LogP contribution in [-0.4, -0.2) is 60.4 Å². The smallest absolute Gasteiger partial charge is 0.191 e. The van der Waals surface area contributed by atoms with Gasteiger partial charge >= 0.3 is 0 Å². The molecule has 0 aliphatic heterocycles. The molecule has 1 aromatic carbocycles. The molecule has 0 saturated carbocycles. The topological polar surface area (TPSA) is 80.3 Å². The zero-order valence-electron chi connectivity index (χ0n) is 20.3. The van der Waals surface area contributed by atoms with Crippen LogP contribution >= 0.6 is 0 Å². The fourth-order valence-electron chi connectivity index (χ4n) is 3.15. The molecule has 178 valence electrons. The van der Waals surface area contributed by atoms with Gasteiger partial charge in [-0.05, 0) is 36.7 Å². The minimum absolute atomic E-state index is 0.00431. The largest absolute Gasteiger partial charge is 0.467 e. The molecule has 0 aromatic heterocycles. The average molecular weight is 465 g/mol. The summed E-state index contributed by atoms with van der Waals surface area (Å²) in [6.45, 7) is 11.6. The van der Waals surface area contributed by atoms with Gasteiger partial charge in [-0.3, -0.25) is 9.59 Å². The second-order valence-electron chi connectivity index (χ2n) is 9.39. The van der Waals surface area contributed by atoms with Gasteiger partial charge in [0.25, 0.3) is 0 Å². The molecule has 0 unspecified atom stereocenters. The van der Waals surface area contributed by atoms with Gasteiger partial charge < -0.3 is 23.4 Å². The summed E-state index contributed by atoms with van der Waals surface area (Å²) in [7, 11) is 1.16. The lowest BCUT2D eigenvalue weighted by Crippen LogP contribution is -2.41. The minimum atomic E-state index is -1.89. The van der Waals surface area contributed by atoms with Crippen LogP contribution in [0.4, 0.5) is 0 Å². The average Bonchev–Trinajstić information content (AvgIpc) is 2.72. The fraction of sp³-hybridized carbons (Fsp3) is 0.583. The molecule has 32 heavy (non-hydrogen) atoms. The van der Waals surface area contributed by atoms with Crippen LogP contribution in [-0.2, 0) is 18.6 Å². The predicted octanol–water partition coefficient (Wildman–Crippen LogP) is 4.77. The molecule has 1 atom stereocenters. The van der Waals surface area contributed by atoms with Crippen molar-refractivity contribution in [3.8, 4) is 5.75 Å². The van der Waals surface area contributed by atoms with E-state index >= 15 is 0 Å². The first-order chi connectivity index (χ1) is 15.0. The van der Waals surface area contributed by atoms with E-state index < -0.39 is 8.32 Å². The number of carbonyl (C=O) groups excluding carboxylic acids is 2. The summed E-state index contributed by atoms with van der Waals surface area (Å²) in [5.41, 5.74) is 1.03. The van der Waals surface area contributed by atoms with Gasteiger partial charge in [0, 0.05) is 38.4 Å². The molecule has 0 radical (unpaired) electrons. The Morgan fingerprint density at radius 1 is 1.03 bits per heavy atom. The Hall–Kier alpha value is -1.84. The van der Waals surface area contributed by atoms with Crippen LogP contribution in [0.25, 0.3) is 0 Å². The maximum atomic E-state index is 13.1. The Balaban J connectivity index is 2.14. The number of ketones is 2. The molecule has 0 N–H and O–H groups in total. The maximum Gasteiger partial charge on any atom is 0.191 e. The summed E-state index contributed by atoms with van der Waals surface area (Å²) < 4.78 is 27.5. The van der Waals surface area contributed by atoms with Gasteiger partial charge in [-0.25, -0.2) is 0 Å². The van der Waals surface area contributed by atoms with Gasteiger partial charge in [0.2, 0.25) is 0 Å². The van der Waals surface area contributed by atoms with E-state index in [1.54, 1.807) is 25.3 Å². The van der Waals surface area contributed by atoms with Crippen molar-refractivity contribution in [2.24, 2.45) is 0 Å². The van der Waals surface area contributed by atoms with Gasteiger partial charge in [0.15, 0.2) is 26.7 Å². The van der Waals surface area contributed by atoms with E-state index in [1.165, 1.54) is 13.2 Å². The first-order valence-electron chi connectivity index (χ1n) is 10.8. The first-order valence-corrected chi connectivity index (χ1v) is 13.7. The fourth-order valence-corrected chi connectivity index (χ4v) is 4.21. The number of fused-ring (bicyclic) bond motifs is 1. The van der Waals surface area contributed by atoms with Crippen LogP contribution in [0.1, 0.15) is 54.3 Å². The summed E-state index contributed by atoms with van der Waals surface area (Å²) in [6, 6.07) is 5.00. The number of rotatable bonds is 12. The molecule has 0 heterocycles. The number of Topliss-reactive ketones (excluding diaryl/α,β-unsaturated/α-hetero) is 1. The first kappa shape index (κ1) is 26.4. The summed E-state index contributed by atoms with van der Waals surface area (Å²) in [5.74, 6) is -0.115. The van der Waals surface area contributed by atoms with E-state index in [-0.39, 0.29) is 41.9 Å². The Kier molecular flexibility index (Phi) is 9.36. The third kappa shape index (κ3) is 6.58. The zero-order valence-corrected chi connectivity index (χ0v) is 21.3. The van der Waals surface area contributed by atoms with Crippen molar-refractivity contribution in [1.29, 1.82) is 0 Å². The maximum absolute atomic E-state index is 13.1. The number of carbonyl (C=O) groups is 2. The van der Waals surface area contributed by atoms with Crippen LogP contribution < -0.4 is 4.74 Å². The lowest BCUT2D eigenvalue weighted by atomic mass is 9.86. The van der Waals surface area contributed by atoms with Gasteiger partial charge in [-0.15, -0.1) is 0 Å². The highest BCUT2D eigenvalue weighted by Crippen LogP contribution is 2.37. The standard InChI is InChI=1S/C24H36O7Si/c1-24(2,3)32(6,7)31-12-11-18(29-15-27-4)13-17-14-20(25)22-19(23(17)26)9-8-10-21(22)30-16-28-5/h8-10,14,18H,11-13,15-16H2,1-7H3/t18-/m1/s1. The Bertz CT molecular complexity index is 839. The lowest BCUT2D eigenvalue weighted by Gasteiger charge is -2.36. The van der Waals surface area contributed by atoms with Crippen molar-refractivity contribution in [1.82, 2.24) is 0 Å². The van der Waals surface area contributed by atoms with Crippen molar-refractivity contribution in [2.75, 3.05) is 34.4 Å². The Morgan fingerprint density at radius 2 is 1.72 bits per heavy atom. The molecular formula is C24H36O7Si. The number of hydrogen-bond acceptors (Lipinski definition) is 7. The summed E-state index contributed by atoms with van der Waals surface area (Å²) in [5, 5.41) is 0.108. The predicted molar refractivity (Wildman–Crippen MR) is 125 cm³/mol. The quantitative estimate of drug-likeness (QED) is 0.326. The van der Waals surface area contributed by atoms with Crippen molar-refractivity contribution in [3.05, 3.63) is 41.0 Å².